The summed E-state index contributed by atoms with van der Waals surface area (Å²) in [6, 6.07) is 7.35. The first-order chi connectivity index (χ1) is 9.13. The second-order valence-electron chi connectivity index (χ2n) is 4.06. The van der Waals surface area contributed by atoms with Crippen molar-refractivity contribution in [3.63, 3.8) is 0 Å². The fraction of sp³-hybridized carbons (Fsp3) is 0.286. The van der Waals surface area contributed by atoms with Crippen LogP contribution in [-0.4, -0.2) is 22.7 Å². The highest BCUT2D eigenvalue weighted by atomic mass is 79.9. The van der Waals surface area contributed by atoms with Gasteiger partial charge in [-0.1, -0.05) is 28.1 Å². The van der Waals surface area contributed by atoms with E-state index in [0.29, 0.717) is 17.7 Å². The van der Waals surface area contributed by atoms with E-state index in [1.54, 1.807) is 19.2 Å². The van der Waals surface area contributed by atoms with E-state index in [0.717, 1.165) is 9.86 Å². The Kier molecular flexibility index (Phi) is 4.50. The van der Waals surface area contributed by atoms with Gasteiger partial charge in [-0.25, -0.2) is 0 Å². The van der Waals surface area contributed by atoms with Gasteiger partial charge in [-0.05, 0) is 19.1 Å². The molecule has 0 bridgehead atoms. The number of fused-ring (bicyclic) bond motifs is 1. The lowest BCUT2D eigenvalue weighted by Gasteiger charge is -2.13. The SMILES string of the molecule is CCOC(=O)CC(O)c1ccc(Br)c2cccnc12. The van der Waals surface area contributed by atoms with Gasteiger partial charge >= 0.3 is 5.97 Å². The molecule has 0 spiro atoms. The van der Waals surface area contributed by atoms with Crippen molar-refractivity contribution in [3.05, 3.63) is 40.5 Å². The molecular weight excluding hydrogens is 310 g/mol. The number of benzene rings is 1. The lowest BCUT2D eigenvalue weighted by Crippen LogP contribution is -2.10. The molecule has 1 heterocycles. The summed E-state index contributed by atoms with van der Waals surface area (Å²) < 4.78 is 5.75. The van der Waals surface area contributed by atoms with Gasteiger partial charge in [0.05, 0.1) is 24.6 Å². The molecule has 0 aliphatic carbocycles. The Hall–Kier alpha value is -1.46. The molecule has 1 aromatic heterocycles. The van der Waals surface area contributed by atoms with Crippen molar-refractivity contribution in [2.75, 3.05) is 6.61 Å². The Labute approximate surface area is 119 Å². The van der Waals surface area contributed by atoms with Crippen molar-refractivity contribution in [1.82, 2.24) is 4.98 Å². The number of carbonyl (C=O) groups is 1. The van der Waals surface area contributed by atoms with Crippen LogP contribution in [0, 0.1) is 0 Å². The molecule has 0 aliphatic heterocycles. The smallest absolute Gasteiger partial charge is 0.308 e. The van der Waals surface area contributed by atoms with Crippen molar-refractivity contribution < 1.29 is 14.6 Å². The fourth-order valence-electron chi connectivity index (χ4n) is 1.92. The van der Waals surface area contributed by atoms with Crippen LogP contribution in [0.15, 0.2) is 34.9 Å². The summed E-state index contributed by atoms with van der Waals surface area (Å²) in [7, 11) is 0. The Balaban J connectivity index is 2.35. The highest BCUT2D eigenvalue weighted by molar-refractivity contribution is 9.10. The zero-order valence-corrected chi connectivity index (χ0v) is 12.1. The molecule has 1 atom stereocenters. The van der Waals surface area contributed by atoms with E-state index in [4.69, 9.17) is 4.74 Å². The maximum absolute atomic E-state index is 11.4. The minimum Gasteiger partial charge on any atom is -0.466 e. The van der Waals surface area contributed by atoms with E-state index in [9.17, 15) is 9.90 Å². The van der Waals surface area contributed by atoms with Crippen LogP contribution in [0.4, 0.5) is 0 Å². The highest BCUT2D eigenvalue weighted by Gasteiger charge is 2.17. The van der Waals surface area contributed by atoms with Crippen LogP contribution in [0.25, 0.3) is 10.9 Å². The highest BCUT2D eigenvalue weighted by Crippen LogP contribution is 2.30. The molecule has 0 radical (unpaired) electrons. The van der Waals surface area contributed by atoms with Crippen molar-refractivity contribution in [1.29, 1.82) is 0 Å². The monoisotopic (exact) mass is 323 g/mol. The summed E-state index contributed by atoms with van der Waals surface area (Å²) >= 11 is 3.44. The van der Waals surface area contributed by atoms with Crippen LogP contribution in [0.5, 0.6) is 0 Å². The summed E-state index contributed by atoms with van der Waals surface area (Å²) in [6.07, 6.45) is 0.681. The summed E-state index contributed by atoms with van der Waals surface area (Å²) in [5.74, 6) is -0.415. The molecule has 19 heavy (non-hydrogen) atoms. The number of esters is 1. The zero-order chi connectivity index (χ0) is 13.8. The van der Waals surface area contributed by atoms with E-state index in [1.807, 2.05) is 18.2 Å². The summed E-state index contributed by atoms with van der Waals surface area (Å²) in [4.78, 5) is 15.7. The molecule has 2 aromatic rings. The number of ether oxygens (including phenoxy) is 1. The molecule has 1 unspecified atom stereocenters. The van der Waals surface area contributed by atoms with Crippen molar-refractivity contribution in [2.45, 2.75) is 19.4 Å². The van der Waals surface area contributed by atoms with E-state index in [-0.39, 0.29) is 6.42 Å². The summed E-state index contributed by atoms with van der Waals surface area (Å²) in [5.41, 5.74) is 1.32. The Morgan fingerprint density at radius 2 is 2.26 bits per heavy atom. The molecule has 1 N–H and O–H groups in total. The third-order valence-corrected chi connectivity index (χ3v) is 3.46. The van der Waals surface area contributed by atoms with Gasteiger partial charge in [-0.3, -0.25) is 9.78 Å². The minimum absolute atomic E-state index is 0.0683. The Morgan fingerprint density at radius 3 is 3.00 bits per heavy atom. The number of rotatable bonds is 4. The van der Waals surface area contributed by atoms with Gasteiger partial charge in [-0.15, -0.1) is 0 Å². The number of aliphatic hydroxyl groups is 1. The standard InChI is InChI=1S/C14H14BrNO3/c1-2-19-13(18)8-12(17)10-5-6-11(15)9-4-3-7-16-14(9)10/h3-7,12,17H,2,8H2,1H3. The molecular formula is C14H14BrNO3. The quantitative estimate of drug-likeness (QED) is 0.879. The fourth-order valence-corrected chi connectivity index (χ4v) is 2.37. The molecule has 0 saturated carbocycles. The molecule has 0 saturated heterocycles. The van der Waals surface area contributed by atoms with Crippen LogP contribution < -0.4 is 0 Å². The normalized spacial score (nSPS) is 12.4. The van der Waals surface area contributed by atoms with Crippen molar-refractivity contribution >= 4 is 32.8 Å². The van der Waals surface area contributed by atoms with E-state index in [1.165, 1.54) is 0 Å². The van der Waals surface area contributed by atoms with Crippen molar-refractivity contribution in [3.8, 4) is 0 Å². The largest absolute Gasteiger partial charge is 0.466 e. The average molecular weight is 324 g/mol. The lowest BCUT2D eigenvalue weighted by atomic mass is 10.0. The predicted molar refractivity (Wildman–Crippen MR) is 75.7 cm³/mol. The average Bonchev–Trinajstić information content (AvgIpc) is 2.39. The van der Waals surface area contributed by atoms with Gasteiger partial charge in [-0.2, -0.15) is 0 Å². The number of carbonyl (C=O) groups excluding carboxylic acids is 1. The zero-order valence-electron chi connectivity index (χ0n) is 10.5. The van der Waals surface area contributed by atoms with E-state index in [2.05, 4.69) is 20.9 Å². The molecule has 0 fully saturated rings. The Morgan fingerprint density at radius 1 is 1.47 bits per heavy atom. The maximum Gasteiger partial charge on any atom is 0.308 e. The number of pyridine rings is 1. The molecule has 2 rings (SSSR count). The molecule has 0 aliphatic rings. The number of hydrogen-bond donors (Lipinski definition) is 1. The van der Waals surface area contributed by atoms with E-state index >= 15 is 0 Å². The van der Waals surface area contributed by atoms with Crippen LogP contribution in [0.3, 0.4) is 0 Å². The molecule has 100 valence electrons. The van der Waals surface area contributed by atoms with Gasteiger partial charge in [0, 0.05) is 21.6 Å². The predicted octanol–water partition coefficient (Wildman–Crippen LogP) is 2.98. The van der Waals surface area contributed by atoms with E-state index < -0.39 is 12.1 Å². The molecule has 0 amide bonds. The topological polar surface area (TPSA) is 59.4 Å². The number of aliphatic hydroxyl groups excluding tert-OH is 1. The second-order valence-corrected chi connectivity index (χ2v) is 4.92. The van der Waals surface area contributed by atoms with Crippen LogP contribution in [0.2, 0.25) is 0 Å². The first-order valence-corrected chi connectivity index (χ1v) is 6.79. The van der Waals surface area contributed by atoms with Gasteiger partial charge in [0.25, 0.3) is 0 Å². The van der Waals surface area contributed by atoms with Crippen LogP contribution >= 0.6 is 15.9 Å². The molecule has 4 nitrogen and oxygen atoms in total. The Bertz CT molecular complexity index is 600. The van der Waals surface area contributed by atoms with Crippen LogP contribution in [-0.2, 0) is 9.53 Å². The molecule has 1 aromatic carbocycles. The number of halogens is 1. The number of nitrogens with zero attached hydrogens (tertiary/aromatic N) is 1. The van der Waals surface area contributed by atoms with Crippen molar-refractivity contribution in [2.24, 2.45) is 0 Å². The van der Waals surface area contributed by atoms with Crippen LogP contribution in [0.1, 0.15) is 25.0 Å². The third-order valence-electron chi connectivity index (χ3n) is 2.77. The first kappa shape index (κ1) is 14.0. The minimum atomic E-state index is -0.912. The first-order valence-electron chi connectivity index (χ1n) is 6.00. The number of aromatic nitrogens is 1. The lowest BCUT2D eigenvalue weighted by molar-refractivity contribution is -0.145. The number of hydrogen-bond acceptors (Lipinski definition) is 4. The van der Waals surface area contributed by atoms with Gasteiger partial charge < -0.3 is 9.84 Å². The summed E-state index contributed by atoms with van der Waals surface area (Å²) in [6.45, 7) is 2.05. The maximum atomic E-state index is 11.4. The van der Waals surface area contributed by atoms with Gasteiger partial charge in [0.1, 0.15) is 0 Å². The van der Waals surface area contributed by atoms with Gasteiger partial charge in [0.2, 0.25) is 0 Å². The van der Waals surface area contributed by atoms with Gasteiger partial charge in [0.15, 0.2) is 0 Å². The third kappa shape index (κ3) is 3.11. The summed E-state index contributed by atoms with van der Waals surface area (Å²) in [5, 5.41) is 11.1. The molecule has 5 heteroatoms. The second kappa shape index (κ2) is 6.12.